The lowest BCUT2D eigenvalue weighted by Gasteiger charge is -2.06. The van der Waals surface area contributed by atoms with Crippen molar-refractivity contribution in [2.24, 2.45) is 0 Å². The lowest BCUT2D eigenvalue weighted by Crippen LogP contribution is -2.04. The van der Waals surface area contributed by atoms with Gasteiger partial charge in [-0.3, -0.25) is 9.78 Å². The van der Waals surface area contributed by atoms with Crippen molar-refractivity contribution in [1.29, 1.82) is 0 Å². The maximum atomic E-state index is 12.3. The Morgan fingerprint density at radius 1 is 1.18 bits per heavy atom. The molecule has 17 heavy (non-hydrogen) atoms. The Kier molecular flexibility index (Phi) is 3.38. The molecule has 0 amide bonds. The van der Waals surface area contributed by atoms with E-state index in [1.807, 2.05) is 32.0 Å². The van der Waals surface area contributed by atoms with Gasteiger partial charge in [0.25, 0.3) is 0 Å². The zero-order valence-corrected chi connectivity index (χ0v) is 11.3. The summed E-state index contributed by atoms with van der Waals surface area (Å²) >= 11 is 3.32. The van der Waals surface area contributed by atoms with E-state index in [1.165, 1.54) is 0 Å². The number of carbonyl (C=O) groups is 1. The highest BCUT2D eigenvalue weighted by Crippen LogP contribution is 2.17. The molecule has 86 valence electrons. The van der Waals surface area contributed by atoms with Crippen molar-refractivity contribution in [3.63, 3.8) is 0 Å². The lowest BCUT2D eigenvalue weighted by molar-refractivity contribution is 0.103. The molecule has 0 saturated carbocycles. The minimum Gasteiger partial charge on any atom is -0.289 e. The maximum Gasteiger partial charge on any atom is 0.194 e. The first-order valence-corrected chi connectivity index (χ1v) is 6.10. The number of hydrogen-bond acceptors (Lipinski definition) is 2. The Balaban J connectivity index is 2.44. The fourth-order valence-corrected chi connectivity index (χ4v) is 2.12. The molecule has 0 bridgehead atoms. The van der Waals surface area contributed by atoms with Crippen molar-refractivity contribution in [2.75, 3.05) is 0 Å². The van der Waals surface area contributed by atoms with Crippen LogP contribution in [0.4, 0.5) is 0 Å². The summed E-state index contributed by atoms with van der Waals surface area (Å²) in [5, 5.41) is 0. The third-order valence-electron chi connectivity index (χ3n) is 2.59. The minimum absolute atomic E-state index is 0.0105. The monoisotopic (exact) mass is 289 g/mol. The van der Waals surface area contributed by atoms with Gasteiger partial charge in [0.2, 0.25) is 0 Å². The third-order valence-corrected chi connectivity index (χ3v) is 3.03. The summed E-state index contributed by atoms with van der Waals surface area (Å²) in [6, 6.07) is 7.62. The van der Waals surface area contributed by atoms with Crippen LogP contribution in [-0.2, 0) is 0 Å². The Bertz CT molecular complexity index is 578. The molecule has 0 fully saturated rings. The largest absolute Gasteiger partial charge is 0.289 e. The SMILES string of the molecule is Cc1ccc(C(=O)c2cncc(Br)c2)c(C)c1. The molecule has 0 aliphatic carbocycles. The van der Waals surface area contributed by atoms with Crippen LogP contribution >= 0.6 is 15.9 Å². The van der Waals surface area contributed by atoms with Gasteiger partial charge in [-0.25, -0.2) is 0 Å². The molecule has 0 N–H and O–H groups in total. The summed E-state index contributed by atoms with van der Waals surface area (Å²) in [7, 11) is 0. The molecule has 3 heteroatoms. The van der Waals surface area contributed by atoms with Crippen molar-refractivity contribution >= 4 is 21.7 Å². The minimum atomic E-state index is 0.0105. The van der Waals surface area contributed by atoms with E-state index in [-0.39, 0.29) is 5.78 Å². The summed E-state index contributed by atoms with van der Waals surface area (Å²) in [5.41, 5.74) is 3.49. The second-order valence-electron chi connectivity index (χ2n) is 4.04. The number of aromatic nitrogens is 1. The molecule has 1 aromatic heterocycles. The van der Waals surface area contributed by atoms with E-state index in [4.69, 9.17) is 0 Å². The number of pyridine rings is 1. The number of benzene rings is 1. The van der Waals surface area contributed by atoms with Gasteiger partial charge in [0.15, 0.2) is 5.78 Å². The van der Waals surface area contributed by atoms with Crippen LogP contribution < -0.4 is 0 Å². The van der Waals surface area contributed by atoms with Crippen LogP contribution in [0.15, 0.2) is 41.1 Å². The molecule has 0 spiro atoms. The van der Waals surface area contributed by atoms with Gasteiger partial charge in [-0.05, 0) is 41.4 Å². The number of nitrogens with zero attached hydrogens (tertiary/aromatic N) is 1. The summed E-state index contributed by atoms with van der Waals surface area (Å²) in [5.74, 6) is 0.0105. The molecular weight excluding hydrogens is 278 g/mol. The van der Waals surface area contributed by atoms with Gasteiger partial charge in [0, 0.05) is 28.0 Å². The van der Waals surface area contributed by atoms with Crippen molar-refractivity contribution in [3.8, 4) is 0 Å². The van der Waals surface area contributed by atoms with E-state index in [0.29, 0.717) is 5.56 Å². The van der Waals surface area contributed by atoms with Gasteiger partial charge in [-0.1, -0.05) is 23.8 Å². The number of aryl methyl sites for hydroxylation is 2. The van der Waals surface area contributed by atoms with Crippen LogP contribution in [0.5, 0.6) is 0 Å². The van der Waals surface area contributed by atoms with Gasteiger partial charge in [-0.2, -0.15) is 0 Å². The molecule has 0 atom stereocenters. The Morgan fingerprint density at radius 2 is 1.94 bits per heavy atom. The van der Waals surface area contributed by atoms with Crippen molar-refractivity contribution < 1.29 is 4.79 Å². The van der Waals surface area contributed by atoms with E-state index < -0.39 is 0 Å². The van der Waals surface area contributed by atoms with E-state index in [0.717, 1.165) is 21.2 Å². The predicted octanol–water partition coefficient (Wildman–Crippen LogP) is 3.69. The van der Waals surface area contributed by atoms with Gasteiger partial charge in [-0.15, -0.1) is 0 Å². The van der Waals surface area contributed by atoms with Crippen molar-refractivity contribution in [1.82, 2.24) is 4.98 Å². The number of halogens is 1. The Labute approximate surface area is 109 Å². The van der Waals surface area contributed by atoms with E-state index in [2.05, 4.69) is 20.9 Å². The van der Waals surface area contributed by atoms with Crippen molar-refractivity contribution in [2.45, 2.75) is 13.8 Å². The summed E-state index contributed by atoms with van der Waals surface area (Å²) in [6.45, 7) is 3.97. The highest BCUT2D eigenvalue weighted by molar-refractivity contribution is 9.10. The van der Waals surface area contributed by atoms with Crippen LogP contribution in [0.2, 0.25) is 0 Å². The maximum absolute atomic E-state index is 12.3. The lowest BCUT2D eigenvalue weighted by atomic mass is 9.99. The molecule has 1 aromatic carbocycles. The van der Waals surface area contributed by atoms with Gasteiger partial charge >= 0.3 is 0 Å². The molecule has 0 radical (unpaired) electrons. The molecule has 2 nitrogen and oxygen atoms in total. The van der Waals surface area contributed by atoms with Crippen LogP contribution in [0, 0.1) is 13.8 Å². The highest BCUT2D eigenvalue weighted by Gasteiger charge is 2.12. The van der Waals surface area contributed by atoms with Crippen LogP contribution in [0.3, 0.4) is 0 Å². The smallest absolute Gasteiger partial charge is 0.194 e. The molecule has 1 heterocycles. The topological polar surface area (TPSA) is 30.0 Å². The number of rotatable bonds is 2. The fraction of sp³-hybridized carbons (Fsp3) is 0.143. The second kappa shape index (κ2) is 4.80. The molecule has 0 saturated heterocycles. The number of carbonyl (C=O) groups excluding carboxylic acids is 1. The first-order chi connectivity index (χ1) is 8.08. The van der Waals surface area contributed by atoms with Crippen molar-refractivity contribution in [3.05, 3.63) is 63.4 Å². The molecule has 2 rings (SSSR count). The van der Waals surface area contributed by atoms with Crippen LogP contribution in [0.25, 0.3) is 0 Å². The quantitative estimate of drug-likeness (QED) is 0.789. The zero-order chi connectivity index (χ0) is 12.4. The average Bonchev–Trinajstić information content (AvgIpc) is 2.28. The standard InChI is InChI=1S/C14H12BrNO/c1-9-3-4-13(10(2)5-9)14(17)11-6-12(15)8-16-7-11/h3-8H,1-2H3. The normalized spacial score (nSPS) is 10.3. The molecule has 2 aromatic rings. The summed E-state index contributed by atoms with van der Waals surface area (Å²) in [6.07, 6.45) is 3.26. The average molecular weight is 290 g/mol. The number of ketones is 1. The predicted molar refractivity (Wildman–Crippen MR) is 71.3 cm³/mol. The first kappa shape index (κ1) is 12.0. The Hall–Kier alpha value is -1.48. The van der Waals surface area contributed by atoms with E-state index in [1.54, 1.807) is 18.5 Å². The van der Waals surface area contributed by atoms with E-state index in [9.17, 15) is 4.79 Å². The highest BCUT2D eigenvalue weighted by atomic mass is 79.9. The van der Waals surface area contributed by atoms with Gasteiger partial charge in [0.1, 0.15) is 0 Å². The molecule has 0 unspecified atom stereocenters. The summed E-state index contributed by atoms with van der Waals surface area (Å²) < 4.78 is 0.813. The zero-order valence-electron chi connectivity index (χ0n) is 9.70. The fourth-order valence-electron chi connectivity index (χ4n) is 1.76. The summed E-state index contributed by atoms with van der Waals surface area (Å²) in [4.78, 5) is 16.3. The molecule has 0 aliphatic rings. The number of hydrogen-bond donors (Lipinski definition) is 0. The molecular formula is C14H12BrNO. The van der Waals surface area contributed by atoms with Gasteiger partial charge in [0.05, 0.1) is 0 Å². The Morgan fingerprint density at radius 3 is 2.59 bits per heavy atom. The van der Waals surface area contributed by atoms with Crippen LogP contribution in [-0.4, -0.2) is 10.8 Å². The third kappa shape index (κ3) is 2.61. The van der Waals surface area contributed by atoms with E-state index >= 15 is 0 Å². The second-order valence-corrected chi connectivity index (χ2v) is 4.96. The van der Waals surface area contributed by atoms with Gasteiger partial charge < -0.3 is 0 Å². The first-order valence-electron chi connectivity index (χ1n) is 5.30. The van der Waals surface area contributed by atoms with Crippen LogP contribution in [0.1, 0.15) is 27.0 Å². The molecule has 0 aliphatic heterocycles.